The summed E-state index contributed by atoms with van der Waals surface area (Å²) in [6.45, 7) is 2.84. The maximum Gasteiger partial charge on any atom is 0.417 e. The molecule has 1 aromatic carbocycles. The van der Waals surface area contributed by atoms with Gasteiger partial charge < -0.3 is 9.84 Å². The summed E-state index contributed by atoms with van der Waals surface area (Å²) in [5, 5.41) is 10.6. The molecule has 3 nitrogen and oxygen atoms in total. The Morgan fingerprint density at radius 2 is 1.87 bits per heavy atom. The number of halogens is 3. The van der Waals surface area contributed by atoms with Gasteiger partial charge in [0.1, 0.15) is 11.3 Å². The van der Waals surface area contributed by atoms with Gasteiger partial charge >= 0.3 is 12.1 Å². The number of hydrogen-bond donors (Lipinski definition) is 1. The number of ether oxygens (including phenoxy) is 1. The molecule has 7 heteroatoms. The third-order valence-corrected chi connectivity index (χ3v) is 3.63. The Hall–Kier alpha value is -1.89. The van der Waals surface area contributed by atoms with Gasteiger partial charge in [-0.15, -0.1) is 0 Å². The van der Waals surface area contributed by atoms with Crippen molar-refractivity contribution in [1.82, 2.24) is 0 Å². The summed E-state index contributed by atoms with van der Waals surface area (Å²) in [6.07, 6.45) is -4.91. The minimum Gasteiger partial charge on any atom is -0.511 e. The molecule has 23 heavy (non-hydrogen) atoms. The second-order valence-electron chi connectivity index (χ2n) is 4.36. The van der Waals surface area contributed by atoms with Gasteiger partial charge in [-0.1, -0.05) is 36.9 Å². The van der Waals surface area contributed by atoms with Gasteiger partial charge in [0.25, 0.3) is 0 Å². The minimum atomic E-state index is -4.80. The Morgan fingerprint density at radius 3 is 2.35 bits per heavy atom. The smallest absolute Gasteiger partial charge is 0.417 e. The predicted octanol–water partition coefficient (Wildman–Crippen LogP) is 5.01. The zero-order valence-corrected chi connectivity index (χ0v) is 13.5. The van der Waals surface area contributed by atoms with Crippen LogP contribution in [-0.4, -0.2) is 23.9 Å². The molecular formula is C16H17F3O3S. The van der Waals surface area contributed by atoms with Gasteiger partial charge in [-0.2, -0.15) is 13.2 Å². The van der Waals surface area contributed by atoms with Crippen molar-refractivity contribution in [3.8, 4) is 0 Å². The predicted molar refractivity (Wildman–Crippen MR) is 83.0 cm³/mol. The molecule has 0 amide bonds. The van der Waals surface area contributed by atoms with Crippen molar-refractivity contribution in [2.45, 2.75) is 31.3 Å². The maximum absolute atomic E-state index is 13.3. The Kier molecular flexibility index (Phi) is 7.22. The lowest BCUT2D eigenvalue weighted by Gasteiger charge is -2.16. The van der Waals surface area contributed by atoms with E-state index in [2.05, 4.69) is 4.74 Å². The number of aliphatic hydroxyl groups is 1. The van der Waals surface area contributed by atoms with Crippen LogP contribution in [0.4, 0.5) is 13.2 Å². The molecule has 0 bridgehead atoms. The summed E-state index contributed by atoms with van der Waals surface area (Å²) in [7, 11) is 0. The molecule has 0 atom stereocenters. The van der Waals surface area contributed by atoms with Crippen molar-refractivity contribution >= 4 is 17.7 Å². The number of alkyl halides is 3. The van der Waals surface area contributed by atoms with Crippen molar-refractivity contribution in [1.29, 1.82) is 0 Å². The van der Waals surface area contributed by atoms with E-state index in [1.807, 2.05) is 0 Å². The van der Waals surface area contributed by atoms with Crippen LogP contribution in [0.25, 0.3) is 0 Å². The summed E-state index contributed by atoms with van der Waals surface area (Å²) in [5.74, 6) is -1.84. The van der Waals surface area contributed by atoms with Crippen molar-refractivity contribution in [2.24, 2.45) is 0 Å². The van der Waals surface area contributed by atoms with E-state index in [9.17, 15) is 23.1 Å². The van der Waals surface area contributed by atoms with Crippen LogP contribution in [0.3, 0.4) is 0 Å². The molecule has 126 valence electrons. The van der Waals surface area contributed by atoms with E-state index in [0.717, 1.165) is 17.2 Å². The Balaban J connectivity index is 3.29. The highest BCUT2D eigenvalue weighted by molar-refractivity contribution is 8.02. The van der Waals surface area contributed by atoms with Gasteiger partial charge in [0.05, 0.1) is 12.2 Å². The van der Waals surface area contributed by atoms with Crippen LogP contribution < -0.4 is 0 Å². The van der Waals surface area contributed by atoms with Gasteiger partial charge in [0, 0.05) is 11.3 Å². The molecule has 0 radical (unpaired) electrons. The molecule has 0 saturated carbocycles. The summed E-state index contributed by atoms with van der Waals surface area (Å²) in [6, 6.07) is 8.40. The minimum absolute atomic E-state index is 0.0870. The molecule has 0 saturated heterocycles. The fourth-order valence-corrected chi connectivity index (χ4v) is 2.48. The fourth-order valence-electron chi connectivity index (χ4n) is 1.66. The highest BCUT2D eigenvalue weighted by atomic mass is 32.2. The first-order valence-electron chi connectivity index (χ1n) is 6.89. The molecule has 0 heterocycles. The van der Waals surface area contributed by atoms with E-state index >= 15 is 0 Å². The number of aliphatic hydroxyl groups excluding tert-OH is 1. The third-order valence-electron chi connectivity index (χ3n) is 2.73. The summed E-state index contributed by atoms with van der Waals surface area (Å²) < 4.78 is 44.7. The van der Waals surface area contributed by atoms with E-state index in [0.29, 0.717) is 4.90 Å². The van der Waals surface area contributed by atoms with Crippen LogP contribution in [0, 0.1) is 0 Å². The number of rotatable bonds is 6. The van der Waals surface area contributed by atoms with Gasteiger partial charge in [0.2, 0.25) is 0 Å². The number of thioether (sulfide) groups is 1. The maximum atomic E-state index is 13.3. The highest BCUT2D eigenvalue weighted by Crippen LogP contribution is 2.36. The van der Waals surface area contributed by atoms with Gasteiger partial charge in [-0.05, 0) is 24.5 Å². The Morgan fingerprint density at radius 1 is 1.26 bits per heavy atom. The normalized spacial score (nSPS) is 13.5. The van der Waals surface area contributed by atoms with E-state index in [4.69, 9.17) is 0 Å². The second kappa shape index (κ2) is 8.67. The van der Waals surface area contributed by atoms with E-state index in [1.54, 1.807) is 30.3 Å². The lowest BCUT2D eigenvalue weighted by molar-refractivity contribution is -0.140. The summed E-state index contributed by atoms with van der Waals surface area (Å²) in [4.78, 5) is 12.4. The van der Waals surface area contributed by atoms with Crippen LogP contribution in [0.2, 0.25) is 0 Å². The average molecular weight is 346 g/mol. The van der Waals surface area contributed by atoms with Crippen molar-refractivity contribution in [3.63, 3.8) is 0 Å². The van der Waals surface area contributed by atoms with Crippen LogP contribution in [-0.2, 0) is 9.53 Å². The van der Waals surface area contributed by atoms with Gasteiger partial charge in [-0.25, -0.2) is 4.79 Å². The number of allylic oxidation sites excluding steroid dienone is 1. The number of carbonyl (C=O) groups excluding carboxylic acids is 1. The standard InChI is InChI=1S/C16H17F3O3S/c1-3-13(20)14(15(21)22-4-2)12(16(17,18)19)10-23-11-8-6-5-7-9-11/h5-10,20H,3-4H2,1-2H3/b12-10+,14-13+. The Labute approximate surface area is 136 Å². The van der Waals surface area contributed by atoms with Crippen molar-refractivity contribution < 1.29 is 27.8 Å². The highest BCUT2D eigenvalue weighted by Gasteiger charge is 2.40. The first-order chi connectivity index (χ1) is 10.8. The zero-order valence-electron chi connectivity index (χ0n) is 12.7. The molecule has 0 aliphatic heterocycles. The third kappa shape index (κ3) is 5.67. The molecular weight excluding hydrogens is 329 g/mol. The number of carbonyl (C=O) groups is 1. The van der Waals surface area contributed by atoms with E-state index < -0.39 is 29.1 Å². The second-order valence-corrected chi connectivity index (χ2v) is 5.30. The topological polar surface area (TPSA) is 46.5 Å². The van der Waals surface area contributed by atoms with E-state index in [1.165, 1.54) is 13.8 Å². The molecule has 0 aromatic heterocycles. The monoisotopic (exact) mass is 346 g/mol. The van der Waals surface area contributed by atoms with Gasteiger partial charge in [-0.3, -0.25) is 0 Å². The van der Waals surface area contributed by atoms with Crippen LogP contribution in [0.1, 0.15) is 20.3 Å². The largest absolute Gasteiger partial charge is 0.511 e. The first-order valence-corrected chi connectivity index (χ1v) is 7.77. The average Bonchev–Trinajstić information content (AvgIpc) is 2.50. The molecule has 0 aliphatic carbocycles. The zero-order chi connectivity index (χ0) is 17.5. The first kappa shape index (κ1) is 19.2. The molecule has 1 aromatic rings. The van der Waals surface area contributed by atoms with Gasteiger partial charge in [0.15, 0.2) is 0 Å². The lowest BCUT2D eigenvalue weighted by Crippen LogP contribution is -2.21. The number of hydrogen-bond acceptors (Lipinski definition) is 4. The molecule has 1 N–H and O–H groups in total. The quantitative estimate of drug-likeness (QED) is 0.259. The lowest BCUT2D eigenvalue weighted by atomic mass is 10.0. The summed E-state index contributed by atoms with van der Waals surface area (Å²) in [5.41, 5.74) is -2.06. The SMILES string of the molecule is CCOC(=O)C(/C(=C\Sc1ccccc1)C(F)(F)F)=C(/O)CC. The van der Waals surface area contributed by atoms with E-state index in [-0.39, 0.29) is 13.0 Å². The summed E-state index contributed by atoms with van der Waals surface area (Å²) >= 11 is 0.812. The fraction of sp³-hybridized carbons (Fsp3) is 0.312. The number of benzene rings is 1. The van der Waals surface area contributed by atoms with Crippen LogP contribution >= 0.6 is 11.8 Å². The van der Waals surface area contributed by atoms with Crippen molar-refractivity contribution in [3.05, 3.63) is 52.6 Å². The van der Waals surface area contributed by atoms with Crippen molar-refractivity contribution in [2.75, 3.05) is 6.61 Å². The Bertz CT molecular complexity index is 592. The van der Waals surface area contributed by atoms with Crippen LogP contribution in [0.15, 0.2) is 57.5 Å². The van der Waals surface area contributed by atoms with Crippen LogP contribution in [0.5, 0.6) is 0 Å². The number of esters is 1. The molecule has 0 fully saturated rings. The molecule has 0 unspecified atom stereocenters. The molecule has 0 spiro atoms. The molecule has 1 rings (SSSR count). The molecule has 0 aliphatic rings.